The van der Waals surface area contributed by atoms with E-state index in [1.807, 2.05) is 65.3 Å². The molecule has 0 spiro atoms. The Morgan fingerprint density at radius 2 is 0.867 bits per heavy atom. The van der Waals surface area contributed by atoms with Gasteiger partial charge in [-0.1, -0.05) is 38.1 Å². The van der Waals surface area contributed by atoms with Crippen LogP contribution in [0.25, 0.3) is 0 Å². The molecule has 60 heavy (non-hydrogen) atoms. The number of hydrogen-bond acceptors (Lipinski definition) is 8. The van der Waals surface area contributed by atoms with Gasteiger partial charge in [-0.15, -0.1) is 0 Å². The van der Waals surface area contributed by atoms with Crippen LogP contribution in [-0.2, 0) is 22.4 Å². The molecule has 10 nitrogen and oxygen atoms in total. The van der Waals surface area contributed by atoms with Gasteiger partial charge in [0.05, 0.1) is 13.2 Å². The molecule has 2 amide bonds. The number of piperazine rings is 2. The molecule has 2 fully saturated rings. The minimum atomic E-state index is -0.263. The van der Waals surface area contributed by atoms with E-state index in [-0.39, 0.29) is 23.4 Å². The Morgan fingerprint density at radius 1 is 0.517 bits per heavy atom. The van der Waals surface area contributed by atoms with Gasteiger partial charge in [0.25, 0.3) is 0 Å². The van der Waals surface area contributed by atoms with Crippen LogP contribution in [-0.4, -0.2) is 123 Å². The molecule has 0 unspecified atom stereocenters. The Bertz CT molecular complexity index is 1830. The van der Waals surface area contributed by atoms with Crippen molar-refractivity contribution in [2.45, 2.75) is 46.5 Å². The van der Waals surface area contributed by atoms with Crippen molar-refractivity contribution in [2.24, 2.45) is 5.92 Å². The minimum absolute atomic E-state index is 0.209. The van der Waals surface area contributed by atoms with Crippen molar-refractivity contribution in [1.82, 2.24) is 19.6 Å². The lowest BCUT2D eigenvalue weighted by Gasteiger charge is -2.34. The Balaban J connectivity index is 0.000000228. The van der Waals surface area contributed by atoms with E-state index in [4.69, 9.17) is 18.9 Å². The van der Waals surface area contributed by atoms with Gasteiger partial charge in [0, 0.05) is 78.3 Å². The Labute approximate surface area is 355 Å². The van der Waals surface area contributed by atoms with Gasteiger partial charge in [-0.05, 0) is 110 Å². The quantitative estimate of drug-likeness (QED) is 0.0969. The van der Waals surface area contributed by atoms with Gasteiger partial charge in [0.1, 0.15) is 47.8 Å². The van der Waals surface area contributed by atoms with Crippen molar-refractivity contribution in [3.05, 3.63) is 120 Å². The van der Waals surface area contributed by atoms with E-state index in [0.29, 0.717) is 56.7 Å². The zero-order valence-electron chi connectivity index (χ0n) is 35.5. The molecular formula is C48H62F2N4O6. The number of nitrogens with zero attached hydrogens (tertiary/aromatic N) is 4. The first-order chi connectivity index (χ1) is 29.1. The molecule has 2 heterocycles. The standard InChI is InChI=1S/C25H33FN2O3.C23H29FN2O3/c1-20(2)19-31-24-8-3-21(4-9-24)5-12-25(29)28-15-13-27(14-16-28)17-18-30-23-10-6-22(26)7-11-23;1-2-28-21-8-3-19(4-9-21)5-12-23(27)26-15-13-25(14-16-26)17-18-29-22-10-6-20(24)7-11-22/h3-4,6-11,20H,5,12-19H2,1-2H3;3-4,6-11H,2,5,12-18H2,1H3. The minimum Gasteiger partial charge on any atom is -0.494 e. The van der Waals surface area contributed by atoms with Gasteiger partial charge in [-0.3, -0.25) is 19.4 Å². The predicted molar refractivity (Wildman–Crippen MR) is 231 cm³/mol. The molecule has 2 aliphatic heterocycles. The number of carbonyl (C=O) groups is 2. The highest BCUT2D eigenvalue weighted by atomic mass is 19.1. The number of rotatable bonds is 19. The fourth-order valence-electron chi connectivity index (χ4n) is 6.84. The molecule has 4 aromatic rings. The number of benzene rings is 4. The molecule has 0 aromatic heterocycles. The maximum atomic E-state index is 12.9. The largest absolute Gasteiger partial charge is 0.494 e. The van der Waals surface area contributed by atoms with Crippen LogP contribution in [0.15, 0.2) is 97.1 Å². The van der Waals surface area contributed by atoms with Crippen molar-refractivity contribution in [3.8, 4) is 23.0 Å². The molecule has 2 saturated heterocycles. The summed E-state index contributed by atoms with van der Waals surface area (Å²) in [7, 11) is 0. The molecular weight excluding hydrogens is 767 g/mol. The number of aryl methyl sites for hydroxylation is 2. The summed E-state index contributed by atoms with van der Waals surface area (Å²) in [6, 6.07) is 28.1. The van der Waals surface area contributed by atoms with Gasteiger partial charge < -0.3 is 28.7 Å². The van der Waals surface area contributed by atoms with Crippen LogP contribution < -0.4 is 18.9 Å². The third-order valence-electron chi connectivity index (χ3n) is 10.4. The smallest absolute Gasteiger partial charge is 0.222 e. The summed E-state index contributed by atoms with van der Waals surface area (Å²) in [6.07, 6.45) is 2.55. The number of amides is 2. The number of ether oxygens (including phenoxy) is 4. The molecule has 6 rings (SSSR count). The van der Waals surface area contributed by atoms with E-state index >= 15 is 0 Å². The highest BCUT2D eigenvalue weighted by Gasteiger charge is 2.22. The van der Waals surface area contributed by atoms with E-state index in [0.717, 1.165) is 101 Å². The molecule has 4 aromatic carbocycles. The zero-order chi connectivity index (χ0) is 42.5. The molecule has 0 bridgehead atoms. The number of hydrogen-bond donors (Lipinski definition) is 0. The van der Waals surface area contributed by atoms with Gasteiger partial charge in [0.15, 0.2) is 0 Å². The first kappa shape index (κ1) is 45.9. The molecule has 2 aliphatic rings. The fourth-order valence-corrected chi connectivity index (χ4v) is 6.84. The zero-order valence-corrected chi connectivity index (χ0v) is 35.5. The second-order valence-electron chi connectivity index (χ2n) is 15.5. The van der Waals surface area contributed by atoms with Gasteiger partial charge in [-0.25, -0.2) is 8.78 Å². The molecule has 0 radical (unpaired) electrons. The summed E-state index contributed by atoms with van der Waals surface area (Å²) < 4.78 is 48.3. The van der Waals surface area contributed by atoms with Crippen LogP contribution in [0.5, 0.6) is 23.0 Å². The van der Waals surface area contributed by atoms with E-state index in [9.17, 15) is 18.4 Å². The lowest BCUT2D eigenvalue weighted by atomic mass is 10.1. The lowest BCUT2D eigenvalue weighted by Crippen LogP contribution is -2.49. The summed E-state index contributed by atoms with van der Waals surface area (Å²) in [5.74, 6) is 3.49. The molecule has 0 saturated carbocycles. The van der Waals surface area contributed by atoms with E-state index in [2.05, 4.69) is 23.6 Å². The van der Waals surface area contributed by atoms with E-state index in [1.165, 1.54) is 24.3 Å². The maximum absolute atomic E-state index is 12.9. The van der Waals surface area contributed by atoms with Crippen LogP contribution >= 0.6 is 0 Å². The van der Waals surface area contributed by atoms with Gasteiger partial charge in [0.2, 0.25) is 11.8 Å². The predicted octanol–water partition coefficient (Wildman–Crippen LogP) is 7.40. The summed E-state index contributed by atoms with van der Waals surface area (Å²) in [5.41, 5.74) is 2.31. The summed E-state index contributed by atoms with van der Waals surface area (Å²) in [4.78, 5) is 33.6. The molecule has 0 atom stereocenters. The van der Waals surface area contributed by atoms with Crippen molar-refractivity contribution in [2.75, 3.05) is 91.9 Å². The molecule has 0 aliphatic carbocycles. The Kier molecular flexibility index (Phi) is 18.9. The lowest BCUT2D eigenvalue weighted by molar-refractivity contribution is -0.133. The molecule has 324 valence electrons. The van der Waals surface area contributed by atoms with Crippen molar-refractivity contribution in [1.29, 1.82) is 0 Å². The van der Waals surface area contributed by atoms with Crippen LogP contribution in [0.1, 0.15) is 44.7 Å². The third-order valence-corrected chi connectivity index (χ3v) is 10.4. The van der Waals surface area contributed by atoms with E-state index < -0.39 is 0 Å². The highest BCUT2D eigenvalue weighted by Crippen LogP contribution is 2.17. The first-order valence-corrected chi connectivity index (χ1v) is 21.3. The van der Waals surface area contributed by atoms with Gasteiger partial charge in [-0.2, -0.15) is 0 Å². The normalized spacial score (nSPS) is 14.6. The monoisotopic (exact) mass is 828 g/mol. The van der Waals surface area contributed by atoms with Crippen LogP contribution in [0.2, 0.25) is 0 Å². The SMILES string of the molecule is CC(C)COc1ccc(CCC(=O)N2CCN(CCOc3ccc(F)cc3)CC2)cc1.CCOc1ccc(CCC(=O)N2CCN(CCOc3ccc(F)cc3)CC2)cc1. The topological polar surface area (TPSA) is 84.0 Å². The van der Waals surface area contributed by atoms with Crippen LogP contribution in [0, 0.1) is 17.6 Å². The van der Waals surface area contributed by atoms with Crippen LogP contribution in [0.4, 0.5) is 8.78 Å². The van der Waals surface area contributed by atoms with Crippen LogP contribution in [0.3, 0.4) is 0 Å². The van der Waals surface area contributed by atoms with Crippen molar-refractivity contribution in [3.63, 3.8) is 0 Å². The summed E-state index contributed by atoms with van der Waals surface area (Å²) >= 11 is 0. The fraction of sp³-hybridized carbons (Fsp3) is 0.458. The average molecular weight is 829 g/mol. The van der Waals surface area contributed by atoms with Crippen molar-refractivity contribution >= 4 is 11.8 Å². The summed E-state index contributed by atoms with van der Waals surface area (Å²) in [6.45, 7) is 16.7. The van der Waals surface area contributed by atoms with Gasteiger partial charge >= 0.3 is 0 Å². The second kappa shape index (κ2) is 24.8. The van der Waals surface area contributed by atoms with Crippen molar-refractivity contribution < 1.29 is 37.3 Å². The third kappa shape index (κ3) is 16.5. The molecule has 12 heteroatoms. The number of halogens is 2. The summed E-state index contributed by atoms with van der Waals surface area (Å²) in [5, 5.41) is 0. The average Bonchev–Trinajstić information content (AvgIpc) is 3.27. The maximum Gasteiger partial charge on any atom is 0.222 e. The highest BCUT2D eigenvalue weighted by molar-refractivity contribution is 5.77. The second-order valence-corrected chi connectivity index (χ2v) is 15.5. The number of carbonyl (C=O) groups excluding carboxylic acids is 2. The molecule has 0 N–H and O–H groups in total. The van der Waals surface area contributed by atoms with E-state index in [1.54, 1.807) is 24.3 Å². The Morgan fingerprint density at radius 3 is 1.23 bits per heavy atom. The Hall–Kier alpha value is -5.20. The first-order valence-electron chi connectivity index (χ1n) is 21.3.